The molecule has 10 rings (SSSR count). The zero-order chi connectivity index (χ0) is 40.1. The molecule has 4 heterocycles. The van der Waals surface area contributed by atoms with Crippen LogP contribution >= 0.6 is 0 Å². The summed E-state index contributed by atoms with van der Waals surface area (Å²) in [6.45, 7) is 18.5. The minimum absolute atomic E-state index is 0.00641. The second-order valence-corrected chi connectivity index (χ2v) is 22.7. The Bertz CT molecular complexity index is 3100. The van der Waals surface area contributed by atoms with Gasteiger partial charge in [-0.15, -0.1) is 0 Å². The normalized spacial score (nSPS) is 13.7. The Morgan fingerprint density at radius 1 is 0.603 bits per heavy atom. The van der Waals surface area contributed by atoms with E-state index in [2.05, 4.69) is 214 Å². The molecule has 6 aromatic carbocycles. The third kappa shape index (κ3) is 5.72. The number of rotatable bonds is 5. The third-order valence-electron chi connectivity index (χ3n) is 12.1. The van der Waals surface area contributed by atoms with E-state index >= 15 is 0 Å². The van der Waals surface area contributed by atoms with Crippen molar-refractivity contribution in [2.24, 2.45) is 0 Å². The molecule has 0 N–H and O–H groups in total. The molecule has 1 aliphatic heterocycles. The number of para-hydroxylation sites is 3. The van der Waals surface area contributed by atoms with Gasteiger partial charge in [-0.05, 0) is 98.1 Å². The fourth-order valence-electron chi connectivity index (χ4n) is 9.04. The maximum atomic E-state index is 6.91. The van der Waals surface area contributed by atoms with Crippen LogP contribution in [0, 0.1) is 6.33 Å². The summed E-state index contributed by atoms with van der Waals surface area (Å²) < 4.78 is 13.7. The maximum Gasteiger partial charge on any atom is 0.269 e. The molecule has 0 spiro atoms. The van der Waals surface area contributed by atoms with Crippen LogP contribution in [0.2, 0.25) is 13.1 Å². The van der Waals surface area contributed by atoms with Crippen molar-refractivity contribution in [3.63, 3.8) is 0 Å². The Morgan fingerprint density at radius 2 is 1.31 bits per heavy atom. The first kappa shape index (κ1) is 36.1. The van der Waals surface area contributed by atoms with Crippen LogP contribution in [0.25, 0.3) is 61.2 Å². The van der Waals surface area contributed by atoms with E-state index < -0.39 is 8.07 Å². The smallest absolute Gasteiger partial charge is 0.269 e. The first-order chi connectivity index (χ1) is 27.8. The molecule has 0 atom stereocenters. The predicted molar refractivity (Wildman–Crippen MR) is 242 cm³/mol. The summed E-state index contributed by atoms with van der Waals surface area (Å²) >= 11 is 0. The number of benzene rings is 6. The van der Waals surface area contributed by atoms with Crippen molar-refractivity contribution in [3.05, 3.63) is 163 Å². The van der Waals surface area contributed by atoms with Gasteiger partial charge in [0.2, 0.25) is 0 Å². The van der Waals surface area contributed by atoms with Gasteiger partial charge in [0.25, 0.3) is 6.33 Å². The molecule has 1 aliphatic rings. The van der Waals surface area contributed by atoms with Gasteiger partial charge >= 0.3 is 0 Å². The first-order valence-electron chi connectivity index (χ1n) is 20.3. The Labute approximate surface area is 341 Å². The predicted octanol–water partition coefficient (Wildman–Crippen LogP) is 11.4. The zero-order valence-electron chi connectivity index (χ0n) is 34.6. The van der Waals surface area contributed by atoms with Gasteiger partial charge in [-0.2, -0.15) is 0 Å². The highest BCUT2D eigenvalue weighted by molar-refractivity contribution is 7.04. The van der Waals surface area contributed by atoms with E-state index in [-0.39, 0.29) is 10.8 Å². The number of nitrogens with zero attached hydrogens (tertiary/aromatic N) is 4. The third-order valence-corrected chi connectivity index (χ3v) is 15.7. The monoisotopic (exact) mass is 772 g/mol. The molecular formula is C52H48N4OSi. The molecule has 0 amide bonds. The molecule has 0 saturated heterocycles. The average Bonchev–Trinajstić information content (AvgIpc) is 3.83. The summed E-state index contributed by atoms with van der Waals surface area (Å²) in [5.41, 5.74) is 11.6. The van der Waals surface area contributed by atoms with Crippen molar-refractivity contribution in [1.29, 1.82) is 0 Å². The SMILES string of the molecule is CC(C)(C)c1cc(Oc2ccc3c4ccccc4n(-c4cc(C(C)(C)C)ccn4)c3c2)cc(-n2[c-][n+](-c3cccc4c3[Si](C)(C)c3ccccc3-4)c3ccccc32)c1. The summed E-state index contributed by atoms with van der Waals surface area (Å²) in [5, 5.41) is 5.30. The summed E-state index contributed by atoms with van der Waals surface area (Å²) in [6.07, 6.45) is 5.78. The van der Waals surface area contributed by atoms with Crippen LogP contribution in [0.4, 0.5) is 0 Å². The van der Waals surface area contributed by atoms with Crippen LogP contribution in [0.3, 0.4) is 0 Å². The molecule has 0 fully saturated rings. The van der Waals surface area contributed by atoms with Gasteiger partial charge in [0.1, 0.15) is 25.4 Å². The Morgan fingerprint density at radius 3 is 2.12 bits per heavy atom. The average molecular weight is 773 g/mol. The van der Waals surface area contributed by atoms with E-state index in [4.69, 9.17) is 9.72 Å². The van der Waals surface area contributed by atoms with Crippen LogP contribution in [0.15, 0.2) is 146 Å². The summed E-state index contributed by atoms with van der Waals surface area (Å²) in [4.78, 5) is 4.90. The fraction of sp³-hybridized carbons (Fsp3) is 0.192. The lowest BCUT2D eigenvalue weighted by atomic mass is 9.86. The molecule has 9 aromatic rings. The Balaban J connectivity index is 1.11. The van der Waals surface area contributed by atoms with Gasteiger partial charge in [-0.25, -0.2) is 4.98 Å². The van der Waals surface area contributed by atoms with Gasteiger partial charge in [0.15, 0.2) is 0 Å². The standard InChI is InChI=1S/C52H48N4OSi/c1-51(2,3)34-26-27-53-49(30-34)56-43-19-11-9-16-39(43)40-25-24-37(32-47(40)56)57-38-29-35(52(4,5)6)28-36(31-38)54-33-55(45-21-13-12-20-44(45)54)46-22-15-18-42-41-17-10-14-23-48(41)58(7,8)50(42)46/h9-32H,1-8H3. The van der Waals surface area contributed by atoms with Crippen LogP contribution in [-0.4, -0.2) is 22.2 Å². The summed E-state index contributed by atoms with van der Waals surface area (Å²) in [6, 6.07) is 50.4. The van der Waals surface area contributed by atoms with Crippen molar-refractivity contribution in [2.45, 2.75) is 65.5 Å². The molecular weight excluding hydrogens is 725 g/mol. The van der Waals surface area contributed by atoms with Crippen molar-refractivity contribution in [2.75, 3.05) is 0 Å². The second-order valence-electron chi connectivity index (χ2n) is 18.4. The van der Waals surface area contributed by atoms with E-state index in [1.165, 1.54) is 43.7 Å². The van der Waals surface area contributed by atoms with Crippen LogP contribution in [0.1, 0.15) is 52.7 Å². The Hall–Kier alpha value is -6.24. The molecule has 0 saturated carbocycles. The molecule has 3 aromatic heterocycles. The fourth-order valence-corrected chi connectivity index (χ4v) is 12.4. The molecule has 0 unspecified atom stereocenters. The maximum absolute atomic E-state index is 6.91. The number of imidazole rings is 1. The highest BCUT2D eigenvalue weighted by Gasteiger charge is 2.39. The lowest BCUT2D eigenvalue weighted by molar-refractivity contribution is -0.571. The van der Waals surface area contributed by atoms with E-state index in [0.29, 0.717) is 0 Å². The van der Waals surface area contributed by atoms with E-state index in [9.17, 15) is 0 Å². The lowest BCUT2D eigenvalue weighted by Gasteiger charge is -2.22. The lowest BCUT2D eigenvalue weighted by Crippen LogP contribution is -2.53. The zero-order valence-corrected chi connectivity index (χ0v) is 35.6. The largest absolute Gasteiger partial charge is 0.458 e. The highest BCUT2D eigenvalue weighted by atomic mass is 28.3. The molecule has 58 heavy (non-hydrogen) atoms. The van der Waals surface area contributed by atoms with E-state index in [0.717, 1.165) is 50.5 Å². The van der Waals surface area contributed by atoms with Crippen molar-refractivity contribution >= 4 is 51.3 Å². The number of pyridine rings is 1. The van der Waals surface area contributed by atoms with Crippen molar-refractivity contribution in [3.8, 4) is 39.8 Å². The van der Waals surface area contributed by atoms with E-state index in [1.807, 2.05) is 6.20 Å². The molecule has 0 bridgehead atoms. The number of aromatic nitrogens is 4. The van der Waals surface area contributed by atoms with Crippen LogP contribution in [-0.2, 0) is 10.8 Å². The van der Waals surface area contributed by atoms with Crippen molar-refractivity contribution < 1.29 is 9.30 Å². The highest BCUT2D eigenvalue weighted by Crippen LogP contribution is 2.38. The second kappa shape index (κ2) is 12.9. The molecule has 6 heteroatoms. The topological polar surface area (TPSA) is 35.9 Å². The number of hydrogen-bond acceptors (Lipinski definition) is 2. The van der Waals surface area contributed by atoms with Gasteiger partial charge < -0.3 is 4.74 Å². The van der Waals surface area contributed by atoms with Crippen molar-refractivity contribution in [1.82, 2.24) is 14.1 Å². The first-order valence-corrected chi connectivity index (χ1v) is 23.3. The van der Waals surface area contributed by atoms with E-state index in [1.54, 1.807) is 0 Å². The number of ether oxygens (including phenoxy) is 1. The van der Waals surface area contributed by atoms with Crippen LogP contribution < -0.4 is 19.7 Å². The van der Waals surface area contributed by atoms with Gasteiger partial charge in [0, 0.05) is 23.0 Å². The molecule has 0 aliphatic carbocycles. The minimum atomic E-state index is -2.00. The van der Waals surface area contributed by atoms with Crippen LogP contribution in [0.5, 0.6) is 11.5 Å². The molecule has 5 nitrogen and oxygen atoms in total. The quantitative estimate of drug-likeness (QED) is 0.0992. The number of hydrogen-bond donors (Lipinski definition) is 0. The van der Waals surface area contributed by atoms with Gasteiger partial charge in [-0.1, -0.05) is 133 Å². The summed E-state index contributed by atoms with van der Waals surface area (Å²) in [7, 11) is -2.00. The molecule has 0 radical (unpaired) electrons. The van der Waals surface area contributed by atoms with Gasteiger partial charge in [0.05, 0.1) is 33.4 Å². The molecule has 286 valence electrons. The van der Waals surface area contributed by atoms with Gasteiger partial charge in [-0.3, -0.25) is 13.7 Å². The summed E-state index contributed by atoms with van der Waals surface area (Å²) in [5.74, 6) is 2.44. The minimum Gasteiger partial charge on any atom is -0.458 e. The Kier molecular flexibility index (Phi) is 8.02. The number of fused-ring (bicyclic) bond motifs is 7.